The Hall–Kier alpha value is -1.55. The summed E-state index contributed by atoms with van der Waals surface area (Å²) >= 11 is 0. The van der Waals surface area contributed by atoms with Crippen molar-refractivity contribution in [3.63, 3.8) is 0 Å². The SMILES string of the molecule is COc1cccc(C(C)CC(=O)NCCCO)c1. The number of carbonyl (C=O) groups is 1. The third-order valence-corrected chi connectivity index (χ3v) is 2.81. The standard InChI is InChI=1S/C14H21NO3/c1-11(9-14(17)15-7-4-8-16)12-5-3-6-13(10-12)18-2/h3,5-6,10-11,16H,4,7-9H2,1-2H3,(H,15,17). The van der Waals surface area contributed by atoms with Crippen LogP contribution in [0.15, 0.2) is 24.3 Å². The number of hydrogen-bond acceptors (Lipinski definition) is 3. The van der Waals surface area contributed by atoms with Gasteiger partial charge in [0.05, 0.1) is 7.11 Å². The Labute approximate surface area is 108 Å². The molecule has 100 valence electrons. The molecule has 1 amide bonds. The maximum absolute atomic E-state index is 11.6. The summed E-state index contributed by atoms with van der Waals surface area (Å²) in [7, 11) is 1.63. The third-order valence-electron chi connectivity index (χ3n) is 2.81. The maximum atomic E-state index is 11.6. The van der Waals surface area contributed by atoms with E-state index in [2.05, 4.69) is 5.32 Å². The van der Waals surface area contributed by atoms with Gasteiger partial charge in [0.2, 0.25) is 5.91 Å². The Morgan fingerprint density at radius 1 is 1.50 bits per heavy atom. The van der Waals surface area contributed by atoms with Gasteiger partial charge in [-0.3, -0.25) is 4.79 Å². The van der Waals surface area contributed by atoms with Crippen LogP contribution in [0.2, 0.25) is 0 Å². The lowest BCUT2D eigenvalue weighted by Gasteiger charge is -2.13. The summed E-state index contributed by atoms with van der Waals surface area (Å²) < 4.78 is 5.16. The molecule has 4 nitrogen and oxygen atoms in total. The summed E-state index contributed by atoms with van der Waals surface area (Å²) in [6.07, 6.45) is 1.04. The molecule has 0 saturated carbocycles. The number of carbonyl (C=O) groups excluding carboxylic acids is 1. The average molecular weight is 251 g/mol. The number of aliphatic hydroxyl groups is 1. The van der Waals surface area contributed by atoms with Crippen molar-refractivity contribution in [1.82, 2.24) is 5.32 Å². The van der Waals surface area contributed by atoms with Gasteiger partial charge in [0.15, 0.2) is 0 Å². The Morgan fingerprint density at radius 3 is 2.94 bits per heavy atom. The van der Waals surface area contributed by atoms with Crippen LogP contribution in [-0.4, -0.2) is 31.3 Å². The highest BCUT2D eigenvalue weighted by Gasteiger charge is 2.11. The minimum Gasteiger partial charge on any atom is -0.497 e. The number of hydrogen-bond donors (Lipinski definition) is 2. The van der Waals surface area contributed by atoms with Gasteiger partial charge < -0.3 is 15.2 Å². The van der Waals surface area contributed by atoms with E-state index in [-0.39, 0.29) is 18.4 Å². The third kappa shape index (κ3) is 4.75. The molecule has 0 saturated heterocycles. The van der Waals surface area contributed by atoms with Crippen molar-refractivity contribution in [2.75, 3.05) is 20.3 Å². The van der Waals surface area contributed by atoms with Crippen LogP contribution in [0.25, 0.3) is 0 Å². The molecule has 4 heteroatoms. The zero-order chi connectivity index (χ0) is 13.4. The molecule has 18 heavy (non-hydrogen) atoms. The van der Waals surface area contributed by atoms with E-state index in [0.29, 0.717) is 19.4 Å². The highest BCUT2D eigenvalue weighted by atomic mass is 16.5. The minimum absolute atomic E-state index is 0.0127. The number of aliphatic hydroxyl groups excluding tert-OH is 1. The normalized spacial score (nSPS) is 11.9. The second kappa shape index (κ2) is 7.71. The molecule has 1 rings (SSSR count). The van der Waals surface area contributed by atoms with Gasteiger partial charge in [0, 0.05) is 19.6 Å². The fourth-order valence-corrected chi connectivity index (χ4v) is 1.72. The highest BCUT2D eigenvalue weighted by molar-refractivity contribution is 5.76. The first-order valence-corrected chi connectivity index (χ1v) is 6.19. The van der Waals surface area contributed by atoms with Crippen LogP contribution in [0.4, 0.5) is 0 Å². The molecule has 1 unspecified atom stereocenters. The van der Waals surface area contributed by atoms with E-state index in [4.69, 9.17) is 9.84 Å². The number of methoxy groups -OCH3 is 1. The maximum Gasteiger partial charge on any atom is 0.220 e. The molecule has 0 aliphatic carbocycles. The molecular weight excluding hydrogens is 230 g/mol. The van der Waals surface area contributed by atoms with Crippen molar-refractivity contribution in [3.05, 3.63) is 29.8 Å². The summed E-state index contributed by atoms with van der Waals surface area (Å²) in [6, 6.07) is 7.76. The summed E-state index contributed by atoms with van der Waals surface area (Å²) in [4.78, 5) is 11.6. The van der Waals surface area contributed by atoms with Crippen molar-refractivity contribution < 1.29 is 14.6 Å². The quantitative estimate of drug-likeness (QED) is 0.725. The summed E-state index contributed by atoms with van der Waals surface area (Å²) in [5.41, 5.74) is 1.09. The van der Waals surface area contributed by atoms with Gasteiger partial charge in [0.1, 0.15) is 5.75 Å². The molecule has 0 spiro atoms. The second-order valence-corrected chi connectivity index (χ2v) is 4.31. The second-order valence-electron chi connectivity index (χ2n) is 4.31. The Morgan fingerprint density at radius 2 is 2.28 bits per heavy atom. The molecule has 0 heterocycles. The average Bonchev–Trinajstić information content (AvgIpc) is 2.39. The lowest BCUT2D eigenvalue weighted by Crippen LogP contribution is -2.26. The molecule has 0 radical (unpaired) electrons. The Balaban J connectivity index is 2.48. The first-order valence-electron chi connectivity index (χ1n) is 6.19. The lowest BCUT2D eigenvalue weighted by molar-refractivity contribution is -0.121. The molecule has 1 aromatic rings. The van der Waals surface area contributed by atoms with Gasteiger partial charge in [-0.25, -0.2) is 0 Å². The topological polar surface area (TPSA) is 58.6 Å². The van der Waals surface area contributed by atoms with Gasteiger partial charge in [0.25, 0.3) is 0 Å². The molecule has 1 atom stereocenters. The number of rotatable bonds is 7. The van der Waals surface area contributed by atoms with Crippen LogP contribution in [0.1, 0.15) is 31.2 Å². The van der Waals surface area contributed by atoms with E-state index >= 15 is 0 Å². The molecule has 0 aromatic heterocycles. The van der Waals surface area contributed by atoms with Crippen LogP contribution < -0.4 is 10.1 Å². The van der Waals surface area contributed by atoms with E-state index in [0.717, 1.165) is 11.3 Å². The predicted molar refractivity (Wildman–Crippen MR) is 70.7 cm³/mol. The van der Waals surface area contributed by atoms with E-state index < -0.39 is 0 Å². The van der Waals surface area contributed by atoms with Gasteiger partial charge in [-0.2, -0.15) is 0 Å². The summed E-state index contributed by atoms with van der Waals surface area (Å²) in [5, 5.41) is 11.4. The summed E-state index contributed by atoms with van der Waals surface area (Å²) in [6.45, 7) is 2.65. The van der Waals surface area contributed by atoms with Crippen LogP contribution >= 0.6 is 0 Å². The van der Waals surface area contributed by atoms with Crippen molar-refractivity contribution in [2.24, 2.45) is 0 Å². The first-order chi connectivity index (χ1) is 8.67. The van der Waals surface area contributed by atoms with Crippen molar-refractivity contribution in [3.8, 4) is 5.75 Å². The van der Waals surface area contributed by atoms with Crippen molar-refractivity contribution in [1.29, 1.82) is 0 Å². The van der Waals surface area contributed by atoms with Crippen LogP contribution in [0.3, 0.4) is 0 Å². The van der Waals surface area contributed by atoms with Gasteiger partial charge >= 0.3 is 0 Å². The van der Waals surface area contributed by atoms with Crippen molar-refractivity contribution >= 4 is 5.91 Å². The van der Waals surface area contributed by atoms with E-state index in [1.165, 1.54) is 0 Å². The van der Waals surface area contributed by atoms with Crippen molar-refractivity contribution in [2.45, 2.75) is 25.7 Å². The zero-order valence-corrected chi connectivity index (χ0v) is 11.0. The fourth-order valence-electron chi connectivity index (χ4n) is 1.72. The molecule has 0 fully saturated rings. The zero-order valence-electron chi connectivity index (χ0n) is 11.0. The van der Waals surface area contributed by atoms with Crippen LogP contribution in [0.5, 0.6) is 5.75 Å². The lowest BCUT2D eigenvalue weighted by atomic mass is 9.97. The summed E-state index contributed by atoms with van der Waals surface area (Å²) in [5.74, 6) is 0.966. The predicted octanol–water partition coefficient (Wildman–Crippen LogP) is 1.69. The highest BCUT2D eigenvalue weighted by Crippen LogP contribution is 2.22. The van der Waals surface area contributed by atoms with Gasteiger partial charge in [-0.1, -0.05) is 19.1 Å². The monoisotopic (exact) mass is 251 g/mol. The fraction of sp³-hybridized carbons (Fsp3) is 0.500. The number of ether oxygens (including phenoxy) is 1. The Bertz CT molecular complexity index is 379. The van der Waals surface area contributed by atoms with Crippen LogP contribution in [0, 0.1) is 0 Å². The van der Waals surface area contributed by atoms with Crippen LogP contribution in [-0.2, 0) is 4.79 Å². The largest absolute Gasteiger partial charge is 0.497 e. The molecule has 0 aliphatic rings. The molecule has 1 aromatic carbocycles. The molecular formula is C14H21NO3. The molecule has 2 N–H and O–H groups in total. The smallest absolute Gasteiger partial charge is 0.220 e. The molecule has 0 bridgehead atoms. The van der Waals surface area contributed by atoms with Gasteiger partial charge in [-0.15, -0.1) is 0 Å². The minimum atomic E-state index is 0.0127. The van der Waals surface area contributed by atoms with E-state index in [9.17, 15) is 4.79 Å². The Kier molecular flexibility index (Phi) is 6.22. The first kappa shape index (κ1) is 14.5. The van der Waals surface area contributed by atoms with E-state index in [1.807, 2.05) is 31.2 Å². The number of nitrogens with one attached hydrogen (secondary N) is 1. The number of benzene rings is 1. The number of amides is 1. The molecule has 0 aliphatic heterocycles. The van der Waals surface area contributed by atoms with Gasteiger partial charge in [-0.05, 0) is 30.0 Å². The van der Waals surface area contributed by atoms with E-state index in [1.54, 1.807) is 7.11 Å².